The van der Waals surface area contributed by atoms with Crippen LogP contribution in [0.1, 0.15) is 39.7 Å². The van der Waals surface area contributed by atoms with Crippen LogP contribution >= 0.6 is 0 Å². The summed E-state index contributed by atoms with van der Waals surface area (Å²) in [5.41, 5.74) is 1.28. The third-order valence-electron chi connectivity index (χ3n) is 3.24. The van der Waals surface area contributed by atoms with E-state index in [0.717, 1.165) is 18.7 Å². The molecule has 0 bridgehead atoms. The fourth-order valence-corrected chi connectivity index (χ4v) is 1.90. The molecular weight excluding hydrogens is 266 g/mol. The summed E-state index contributed by atoms with van der Waals surface area (Å²) in [6, 6.07) is 7.55. The van der Waals surface area contributed by atoms with Crippen LogP contribution < -0.4 is 10.1 Å². The Morgan fingerprint density at radius 2 is 2.05 bits per heavy atom. The number of carbonyl (C=O) groups excluding carboxylic acids is 1. The van der Waals surface area contributed by atoms with Gasteiger partial charge in [0.15, 0.2) is 0 Å². The van der Waals surface area contributed by atoms with E-state index < -0.39 is 6.04 Å². The smallest absolute Gasteiger partial charge is 0.326 e. The molecule has 21 heavy (non-hydrogen) atoms. The van der Waals surface area contributed by atoms with Crippen LogP contribution in [0.5, 0.6) is 5.75 Å². The molecule has 0 aliphatic heterocycles. The molecule has 0 saturated carbocycles. The predicted molar refractivity (Wildman–Crippen MR) is 84.7 cm³/mol. The van der Waals surface area contributed by atoms with Gasteiger partial charge < -0.3 is 14.8 Å². The zero-order valence-electron chi connectivity index (χ0n) is 13.7. The van der Waals surface area contributed by atoms with Crippen molar-refractivity contribution in [1.82, 2.24) is 5.32 Å². The summed E-state index contributed by atoms with van der Waals surface area (Å²) in [7, 11) is 1.39. The van der Waals surface area contributed by atoms with E-state index in [4.69, 9.17) is 9.47 Å². The largest absolute Gasteiger partial charge is 0.491 e. The molecule has 0 aromatic heterocycles. The first-order valence-electron chi connectivity index (χ1n) is 7.43. The van der Waals surface area contributed by atoms with Crippen LogP contribution in [0.3, 0.4) is 0 Å². The quantitative estimate of drug-likeness (QED) is 0.785. The van der Waals surface area contributed by atoms with Gasteiger partial charge >= 0.3 is 5.97 Å². The average molecular weight is 293 g/mol. The van der Waals surface area contributed by atoms with Crippen LogP contribution in [0.15, 0.2) is 24.3 Å². The Bertz CT molecular complexity index is 452. The van der Waals surface area contributed by atoms with Gasteiger partial charge in [0.2, 0.25) is 0 Å². The fourth-order valence-electron chi connectivity index (χ4n) is 1.90. The molecular formula is C17H27NO3. The number of ether oxygens (including phenoxy) is 2. The van der Waals surface area contributed by atoms with Crippen molar-refractivity contribution >= 4 is 5.97 Å². The first-order chi connectivity index (χ1) is 9.88. The Labute approximate surface area is 127 Å². The topological polar surface area (TPSA) is 47.6 Å². The predicted octanol–water partition coefficient (Wildman–Crippen LogP) is 2.90. The minimum Gasteiger partial charge on any atom is -0.491 e. The summed E-state index contributed by atoms with van der Waals surface area (Å²) in [5, 5.41) is 3.14. The van der Waals surface area contributed by atoms with Gasteiger partial charge in [0.1, 0.15) is 18.4 Å². The van der Waals surface area contributed by atoms with E-state index in [9.17, 15) is 4.79 Å². The maximum absolute atomic E-state index is 11.7. The lowest BCUT2D eigenvalue weighted by Crippen LogP contribution is -2.42. The van der Waals surface area contributed by atoms with E-state index in [-0.39, 0.29) is 18.0 Å². The van der Waals surface area contributed by atoms with Crippen LogP contribution in [0.4, 0.5) is 0 Å². The number of carbonyl (C=O) groups is 1. The van der Waals surface area contributed by atoms with E-state index in [1.54, 1.807) is 0 Å². The highest BCUT2D eigenvalue weighted by Crippen LogP contribution is 2.25. The van der Waals surface area contributed by atoms with Gasteiger partial charge in [-0.25, -0.2) is 0 Å². The number of rotatable bonds is 7. The second kappa shape index (κ2) is 8.03. The molecule has 0 spiro atoms. The van der Waals surface area contributed by atoms with E-state index in [1.165, 1.54) is 12.7 Å². The van der Waals surface area contributed by atoms with Crippen molar-refractivity contribution in [3.8, 4) is 5.75 Å². The highest BCUT2D eigenvalue weighted by atomic mass is 16.5. The minimum atomic E-state index is -0.437. The normalized spacial score (nSPS) is 12.8. The van der Waals surface area contributed by atoms with Gasteiger partial charge in [-0.1, -0.05) is 39.8 Å². The second-order valence-electron chi connectivity index (χ2n) is 6.12. The summed E-state index contributed by atoms with van der Waals surface area (Å²) < 4.78 is 10.6. The van der Waals surface area contributed by atoms with Crippen LogP contribution in [-0.4, -0.2) is 32.3 Å². The molecule has 1 aromatic carbocycles. The zero-order valence-corrected chi connectivity index (χ0v) is 13.7. The summed E-state index contributed by atoms with van der Waals surface area (Å²) in [6.45, 7) is 9.55. The number of nitrogens with one attached hydrogen (secondary N) is 1. The lowest BCUT2D eigenvalue weighted by Gasteiger charge is -2.21. The van der Waals surface area contributed by atoms with Crippen LogP contribution in [-0.2, 0) is 14.9 Å². The van der Waals surface area contributed by atoms with Crippen LogP contribution in [0.2, 0.25) is 0 Å². The molecule has 118 valence electrons. The van der Waals surface area contributed by atoms with Gasteiger partial charge in [0.25, 0.3) is 0 Å². The monoisotopic (exact) mass is 293 g/mol. The van der Waals surface area contributed by atoms with E-state index >= 15 is 0 Å². The SMILES string of the molecule is CCCNC(COc1cccc(C(C)(C)C)c1)C(=O)OC. The standard InChI is InChI=1S/C17H27NO3/c1-6-10-18-15(16(19)20-5)12-21-14-9-7-8-13(11-14)17(2,3)4/h7-9,11,15,18H,6,10,12H2,1-5H3. The summed E-state index contributed by atoms with van der Waals surface area (Å²) in [4.78, 5) is 11.7. The Morgan fingerprint density at radius 3 is 2.62 bits per heavy atom. The highest BCUT2D eigenvalue weighted by Gasteiger charge is 2.19. The molecule has 0 radical (unpaired) electrons. The Morgan fingerprint density at radius 1 is 1.33 bits per heavy atom. The minimum absolute atomic E-state index is 0.0710. The molecule has 1 N–H and O–H groups in total. The van der Waals surface area contributed by atoms with Crippen molar-refractivity contribution in [3.63, 3.8) is 0 Å². The first-order valence-corrected chi connectivity index (χ1v) is 7.43. The molecule has 1 unspecified atom stereocenters. The average Bonchev–Trinajstić information content (AvgIpc) is 2.46. The molecule has 4 heteroatoms. The number of benzene rings is 1. The molecule has 1 rings (SSSR count). The van der Waals surface area contributed by atoms with Crippen molar-refractivity contribution in [2.75, 3.05) is 20.3 Å². The maximum atomic E-state index is 11.7. The molecule has 0 saturated heterocycles. The van der Waals surface area contributed by atoms with Gasteiger partial charge in [0.05, 0.1) is 7.11 Å². The van der Waals surface area contributed by atoms with Crippen molar-refractivity contribution in [1.29, 1.82) is 0 Å². The van der Waals surface area contributed by atoms with Gasteiger partial charge in [-0.15, -0.1) is 0 Å². The molecule has 0 aliphatic carbocycles. The van der Waals surface area contributed by atoms with Gasteiger partial charge in [0, 0.05) is 0 Å². The maximum Gasteiger partial charge on any atom is 0.326 e. The number of esters is 1. The molecule has 0 fully saturated rings. The first kappa shape index (κ1) is 17.5. The van der Waals surface area contributed by atoms with E-state index in [0.29, 0.717) is 0 Å². The van der Waals surface area contributed by atoms with Gasteiger partial charge in [-0.3, -0.25) is 4.79 Å². The van der Waals surface area contributed by atoms with Crippen molar-refractivity contribution in [3.05, 3.63) is 29.8 Å². The van der Waals surface area contributed by atoms with Crippen molar-refractivity contribution in [2.24, 2.45) is 0 Å². The lowest BCUT2D eigenvalue weighted by atomic mass is 9.87. The molecule has 0 aliphatic rings. The van der Waals surface area contributed by atoms with Crippen LogP contribution in [0.25, 0.3) is 0 Å². The summed E-state index contributed by atoms with van der Waals surface area (Å²) in [5.74, 6) is 0.477. The van der Waals surface area contributed by atoms with Gasteiger partial charge in [-0.05, 0) is 36.1 Å². The second-order valence-corrected chi connectivity index (χ2v) is 6.12. The third kappa shape index (κ3) is 5.76. The molecule has 1 atom stereocenters. The third-order valence-corrected chi connectivity index (χ3v) is 3.24. The number of hydrogen-bond donors (Lipinski definition) is 1. The van der Waals surface area contributed by atoms with E-state index in [1.807, 2.05) is 18.2 Å². The Kier molecular flexibility index (Phi) is 6.69. The number of hydrogen-bond acceptors (Lipinski definition) is 4. The summed E-state index contributed by atoms with van der Waals surface area (Å²) in [6.07, 6.45) is 0.951. The molecule has 1 aromatic rings. The summed E-state index contributed by atoms with van der Waals surface area (Å²) >= 11 is 0. The Hall–Kier alpha value is -1.55. The molecule has 0 amide bonds. The zero-order chi connectivity index (χ0) is 15.9. The van der Waals surface area contributed by atoms with Crippen molar-refractivity contribution in [2.45, 2.75) is 45.6 Å². The molecule has 4 nitrogen and oxygen atoms in total. The highest BCUT2D eigenvalue weighted by molar-refractivity contribution is 5.75. The Balaban J connectivity index is 2.69. The number of methoxy groups -OCH3 is 1. The van der Waals surface area contributed by atoms with Crippen LogP contribution in [0, 0.1) is 0 Å². The van der Waals surface area contributed by atoms with E-state index in [2.05, 4.69) is 39.1 Å². The van der Waals surface area contributed by atoms with Crippen molar-refractivity contribution < 1.29 is 14.3 Å². The lowest BCUT2D eigenvalue weighted by molar-refractivity contribution is -0.143. The van der Waals surface area contributed by atoms with Gasteiger partial charge in [-0.2, -0.15) is 0 Å². The fraction of sp³-hybridized carbons (Fsp3) is 0.588. The molecule has 0 heterocycles.